The van der Waals surface area contributed by atoms with E-state index in [0.717, 1.165) is 0 Å². The standard InChI is InChI=1S/C11H16FN3/c1-11(2,8-4-3-5-8)15-10-6-9(12)13-7-14-10/h6-8H,3-5H2,1-2H3,(H,13,14,15). The van der Waals surface area contributed by atoms with Crippen molar-refractivity contribution in [3.8, 4) is 0 Å². The molecule has 2 rings (SSSR count). The largest absolute Gasteiger partial charge is 0.365 e. The van der Waals surface area contributed by atoms with E-state index in [1.165, 1.54) is 31.7 Å². The Hall–Kier alpha value is -1.19. The lowest BCUT2D eigenvalue weighted by atomic mass is 9.72. The fourth-order valence-electron chi connectivity index (χ4n) is 1.96. The molecule has 0 unspecified atom stereocenters. The van der Waals surface area contributed by atoms with Crippen LogP contribution in [0.1, 0.15) is 33.1 Å². The molecular formula is C11H16FN3. The van der Waals surface area contributed by atoms with Crippen LogP contribution in [-0.2, 0) is 0 Å². The normalized spacial score (nSPS) is 17.3. The summed E-state index contributed by atoms with van der Waals surface area (Å²) in [5.74, 6) is 0.742. The minimum absolute atomic E-state index is 0.0148. The quantitative estimate of drug-likeness (QED) is 0.777. The predicted octanol–water partition coefficient (Wildman–Crippen LogP) is 2.61. The molecule has 0 radical (unpaired) electrons. The molecule has 1 aliphatic rings. The number of rotatable bonds is 3. The molecule has 1 fully saturated rings. The fraction of sp³-hybridized carbons (Fsp3) is 0.636. The number of anilines is 1. The van der Waals surface area contributed by atoms with Crippen molar-refractivity contribution in [2.75, 3.05) is 5.32 Å². The van der Waals surface area contributed by atoms with Crippen LogP contribution in [-0.4, -0.2) is 15.5 Å². The SMILES string of the molecule is CC(C)(Nc1cc(F)ncn1)C1CCC1. The molecule has 3 nitrogen and oxygen atoms in total. The summed E-state index contributed by atoms with van der Waals surface area (Å²) in [4.78, 5) is 7.43. The van der Waals surface area contributed by atoms with Gasteiger partial charge in [0.1, 0.15) is 12.1 Å². The van der Waals surface area contributed by atoms with Crippen LogP contribution in [0.3, 0.4) is 0 Å². The number of aromatic nitrogens is 2. The Morgan fingerprint density at radius 3 is 2.67 bits per heavy atom. The van der Waals surface area contributed by atoms with Gasteiger partial charge in [-0.25, -0.2) is 9.97 Å². The van der Waals surface area contributed by atoms with E-state index in [-0.39, 0.29) is 5.54 Å². The van der Waals surface area contributed by atoms with Gasteiger partial charge in [0.25, 0.3) is 0 Å². The Balaban J connectivity index is 2.06. The smallest absolute Gasteiger partial charge is 0.217 e. The van der Waals surface area contributed by atoms with Gasteiger partial charge in [0.15, 0.2) is 0 Å². The van der Waals surface area contributed by atoms with Crippen molar-refractivity contribution in [3.05, 3.63) is 18.3 Å². The summed E-state index contributed by atoms with van der Waals surface area (Å²) in [5, 5.41) is 3.27. The Morgan fingerprint density at radius 2 is 2.13 bits per heavy atom. The molecule has 0 atom stereocenters. The highest BCUT2D eigenvalue weighted by atomic mass is 19.1. The van der Waals surface area contributed by atoms with Gasteiger partial charge in [-0.05, 0) is 32.6 Å². The van der Waals surface area contributed by atoms with E-state index in [4.69, 9.17) is 0 Å². The first kappa shape index (κ1) is 10.3. The average molecular weight is 209 g/mol. The Morgan fingerprint density at radius 1 is 1.40 bits per heavy atom. The first-order valence-corrected chi connectivity index (χ1v) is 5.34. The summed E-state index contributed by atoms with van der Waals surface area (Å²) in [5.41, 5.74) is -0.0148. The van der Waals surface area contributed by atoms with Crippen molar-refractivity contribution in [2.45, 2.75) is 38.6 Å². The van der Waals surface area contributed by atoms with Gasteiger partial charge in [0.2, 0.25) is 5.95 Å². The third kappa shape index (κ3) is 2.25. The second-order valence-electron chi connectivity index (χ2n) is 4.70. The van der Waals surface area contributed by atoms with Crippen LogP contribution in [0.2, 0.25) is 0 Å². The second kappa shape index (κ2) is 3.76. The molecule has 1 heterocycles. The number of nitrogens with zero attached hydrogens (tertiary/aromatic N) is 2. The summed E-state index contributed by atoms with van der Waals surface area (Å²) in [6.45, 7) is 4.27. The van der Waals surface area contributed by atoms with Gasteiger partial charge in [-0.2, -0.15) is 4.39 Å². The van der Waals surface area contributed by atoms with Crippen LogP contribution in [0, 0.1) is 11.9 Å². The summed E-state index contributed by atoms with van der Waals surface area (Å²) < 4.78 is 12.8. The van der Waals surface area contributed by atoms with Crippen LogP contribution in [0.5, 0.6) is 0 Å². The fourth-order valence-corrected chi connectivity index (χ4v) is 1.96. The first-order valence-electron chi connectivity index (χ1n) is 5.34. The second-order valence-corrected chi connectivity index (χ2v) is 4.70. The Labute approximate surface area is 89.1 Å². The molecule has 0 bridgehead atoms. The zero-order valence-corrected chi connectivity index (χ0v) is 9.13. The highest BCUT2D eigenvalue weighted by molar-refractivity contribution is 5.36. The highest BCUT2D eigenvalue weighted by Gasteiger charge is 2.33. The summed E-state index contributed by atoms with van der Waals surface area (Å²) in [6.07, 6.45) is 5.03. The van der Waals surface area contributed by atoms with Gasteiger partial charge < -0.3 is 5.32 Å². The highest BCUT2D eigenvalue weighted by Crippen LogP contribution is 2.37. The molecule has 0 aromatic carbocycles. The number of hydrogen-bond acceptors (Lipinski definition) is 3. The number of nitrogens with one attached hydrogen (secondary N) is 1. The average Bonchev–Trinajstić information content (AvgIpc) is 1.97. The van der Waals surface area contributed by atoms with Crippen LogP contribution in [0.25, 0.3) is 0 Å². The molecule has 1 aromatic rings. The maximum absolute atomic E-state index is 12.8. The summed E-state index contributed by atoms with van der Waals surface area (Å²) in [7, 11) is 0. The molecule has 0 spiro atoms. The van der Waals surface area contributed by atoms with Crippen molar-refractivity contribution in [2.24, 2.45) is 5.92 Å². The molecule has 1 N–H and O–H groups in total. The third-order valence-electron chi connectivity index (χ3n) is 3.21. The molecule has 1 saturated carbocycles. The van der Waals surface area contributed by atoms with Crippen molar-refractivity contribution < 1.29 is 4.39 Å². The zero-order valence-electron chi connectivity index (χ0n) is 9.13. The minimum Gasteiger partial charge on any atom is -0.365 e. The molecule has 0 amide bonds. The summed E-state index contributed by atoms with van der Waals surface area (Å²) in [6, 6.07) is 1.33. The van der Waals surface area contributed by atoms with Crippen molar-refractivity contribution in [1.29, 1.82) is 0 Å². The molecule has 82 valence electrons. The topological polar surface area (TPSA) is 37.8 Å². The van der Waals surface area contributed by atoms with E-state index in [9.17, 15) is 4.39 Å². The van der Waals surface area contributed by atoms with E-state index >= 15 is 0 Å². The van der Waals surface area contributed by atoms with Gasteiger partial charge in [0, 0.05) is 11.6 Å². The molecular weight excluding hydrogens is 193 g/mol. The minimum atomic E-state index is -0.489. The van der Waals surface area contributed by atoms with Gasteiger partial charge in [-0.15, -0.1) is 0 Å². The molecule has 4 heteroatoms. The van der Waals surface area contributed by atoms with Gasteiger partial charge in [-0.1, -0.05) is 6.42 Å². The van der Waals surface area contributed by atoms with E-state index in [1.807, 2.05) is 0 Å². The number of halogens is 1. The van der Waals surface area contributed by atoms with E-state index < -0.39 is 5.95 Å². The van der Waals surface area contributed by atoms with Crippen molar-refractivity contribution in [3.63, 3.8) is 0 Å². The van der Waals surface area contributed by atoms with Crippen molar-refractivity contribution >= 4 is 5.82 Å². The molecule has 0 saturated heterocycles. The lowest BCUT2D eigenvalue weighted by molar-refractivity contribution is 0.215. The van der Waals surface area contributed by atoms with Gasteiger partial charge in [0.05, 0.1) is 0 Å². The summed E-state index contributed by atoms with van der Waals surface area (Å²) >= 11 is 0. The molecule has 15 heavy (non-hydrogen) atoms. The van der Waals surface area contributed by atoms with Crippen molar-refractivity contribution in [1.82, 2.24) is 9.97 Å². The van der Waals surface area contributed by atoms with Crippen LogP contribution >= 0.6 is 0 Å². The first-order chi connectivity index (χ1) is 7.08. The van der Waals surface area contributed by atoms with E-state index in [0.29, 0.717) is 11.7 Å². The monoisotopic (exact) mass is 209 g/mol. The van der Waals surface area contributed by atoms with Crippen LogP contribution in [0.4, 0.5) is 10.2 Å². The van der Waals surface area contributed by atoms with Gasteiger partial charge >= 0.3 is 0 Å². The Kier molecular flexibility index (Phi) is 2.59. The lowest BCUT2D eigenvalue weighted by Crippen LogP contribution is -2.43. The lowest BCUT2D eigenvalue weighted by Gasteiger charge is -2.41. The molecule has 1 aromatic heterocycles. The van der Waals surface area contributed by atoms with Crippen LogP contribution < -0.4 is 5.32 Å². The maximum Gasteiger partial charge on any atom is 0.217 e. The molecule has 1 aliphatic carbocycles. The van der Waals surface area contributed by atoms with E-state index in [2.05, 4.69) is 29.1 Å². The van der Waals surface area contributed by atoms with Crippen LogP contribution in [0.15, 0.2) is 12.4 Å². The zero-order chi connectivity index (χ0) is 10.9. The predicted molar refractivity (Wildman–Crippen MR) is 57.0 cm³/mol. The Bertz CT molecular complexity index is 347. The van der Waals surface area contributed by atoms with E-state index in [1.54, 1.807) is 0 Å². The molecule has 0 aliphatic heterocycles. The van der Waals surface area contributed by atoms with Gasteiger partial charge in [-0.3, -0.25) is 0 Å². The number of hydrogen-bond donors (Lipinski definition) is 1. The third-order valence-corrected chi connectivity index (χ3v) is 3.21. The maximum atomic E-state index is 12.8.